The quantitative estimate of drug-likeness (QED) is 0.774. The summed E-state index contributed by atoms with van der Waals surface area (Å²) in [5.41, 5.74) is 2.72. The van der Waals surface area contributed by atoms with E-state index in [0.717, 1.165) is 28.9 Å². The fraction of sp³-hybridized carbons (Fsp3) is 0.455. The van der Waals surface area contributed by atoms with Crippen molar-refractivity contribution in [2.75, 3.05) is 26.9 Å². The Hall–Kier alpha value is -1.93. The van der Waals surface area contributed by atoms with Crippen molar-refractivity contribution in [3.63, 3.8) is 0 Å². The van der Waals surface area contributed by atoms with Crippen LogP contribution in [0.2, 0.25) is 0 Å². The average Bonchev–Trinajstić information content (AvgIpc) is 3.05. The fourth-order valence-corrected chi connectivity index (χ4v) is 7.64. The van der Waals surface area contributed by atoms with E-state index in [-0.39, 0.29) is 11.3 Å². The number of benzene rings is 2. The van der Waals surface area contributed by atoms with E-state index in [1.165, 1.54) is 0 Å². The molecule has 0 radical (unpaired) electrons. The van der Waals surface area contributed by atoms with Gasteiger partial charge in [-0.05, 0) is 37.5 Å². The van der Waals surface area contributed by atoms with Gasteiger partial charge in [0.05, 0.1) is 31.3 Å². The first-order chi connectivity index (χ1) is 13.9. The Labute approximate surface area is 170 Å². The molecule has 3 atom stereocenters. The van der Waals surface area contributed by atoms with Gasteiger partial charge in [-0.15, -0.1) is 0 Å². The Bertz CT molecular complexity index is 1110. The third-order valence-electron chi connectivity index (χ3n) is 7.12. The topological polar surface area (TPSA) is 65.1 Å². The first-order valence-corrected chi connectivity index (χ1v) is 11.4. The van der Waals surface area contributed by atoms with Crippen molar-refractivity contribution in [3.05, 3.63) is 59.2 Å². The zero-order chi connectivity index (χ0) is 20.0. The molecule has 2 aromatic carbocycles. The highest BCUT2D eigenvalue weighted by Gasteiger charge is 2.80. The van der Waals surface area contributed by atoms with Gasteiger partial charge in [-0.1, -0.05) is 29.8 Å². The van der Waals surface area contributed by atoms with Crippen LogP contribution in [0, 0.1) is 12.8 Å². The van der Waals surface area contributed by atoms with Crippen molar-refractivity contribution in [1.29, 1.82) is 0 Å². The standard InChI is InChI=1S/C22H23NO5S/c1-14-6-8-16(9-7-14)29(24,25)23-13-15-12-21(15)19-17(4-3-5-18(19)26-2)22(20(21)23)27-10-11-28-22/h3-9,15,20H,10-13H2,1-2H3/t15-,20-,21-/m0/s1. The highest BCUT2D eigenvalue weighted by atomic mass is 32.2. The number of methoxy groups -OCH3 is 1. The monoisotopic (exact) mass is 413 g/mol. The highest BCUT2D eigenvalue weighted by Crippen LogP contribution is 2.74. The van der Waals surface area contributed by atoms with Crippen LogP contribution in [-0.2, 0) is 30.7 Å². The van der Waals surface area contributed by atoms with Gasteiger partial charge in [-0.3, -0.25) is 0 Å². The molecule has 1 saturated carbocycles. The van der Waals surface area contributed by atoms with Crippen molar-refractivity contribution >= 4 is 10.0 Å². The van der Waals surface area contributed by atoms with Crippen LogP contribution in [0.1, 0.15) is 23.1 Å². The Morgan fingerprint density at radius 3 is 2.52 bits per heavy atom. The summed E-state index contributed by atoms with van der Waals surface area (Å²) >= 11 is 0. The Kier molecular flexibility index (Phi) is 3.46. The number of piperidine rings is 1. The maximum atomic E-state index is 13.7. The van der Waals surface area contributed by atoms with Gasteiger partial charge in [0.15, 0.2) is 0 Å². The van der Waals surface area contributed by atoms with Crippen molar-refractivity contribution in [2.24, 2.45) is 5.92 Å². The van der Waals surface area contributed by atoms with Crippen LogP contribution < -0.4 is 4.74 Å². The number of rotatable bonds is 3. The second kappa shape index (κ2) is 5.60. The molecule has 4 aliphatic rings. The molecule has 2 aliphatic heterocycles. The normalized spacial score (nSPS) is 31.5. The van der Waals surface area contributed by atoms with Gasteiger partial charge < -0.3 is 14.2 Å². The highest BCUT2D eigenvalue weighted by molar-refractivity contribution is 7.89. The van der Waals surface area contributed by atoms with E-state index >= 15 is 0 Å². The molecule has 0 amide bonds. The molecule has 7 heteroatoms. The number of hydrogen-bond donors (Lipinski definition) is 0. The van der Waals surface area contributed by atoms with Gasteiger partial charge in [0.2, 0.25) is 15.8 Å². The number of nitrogens with zero attached hydrogens (tertiary/aromatic N) is 1. The maximum absolute atomic E-state index is 13.7. The molecule has 6 rings (SSSR count). The largest absolute Gasteiger partial charge is 0.496 e. The van der Waals surface area contributed by atoms with Crippen molar-refractivity contribution in [2.45, 2.75) is 35.5 Å². The van der Waals surface area contributed by atoms with Gasteiger partial charge in [0, 0.05) is 23.1 Å². The molecule has 0 aromatic heterocycles. The summed E-state index contributed by atoms with van der Waals surface area (Å²) in [5.74, 6) is -0.0251. The lowest BCUT2D eigenvalue weighted by Gasteiger charge is -2.37. The molecular weight excluding hydrogens is 390 g/mol. The molecule has 3 fully saturated rings. The SMILES string of the molecule is COc1cccc2c1[C@]13C[C@H]1CN(S(=O)(=O)c1ccc(C)cc1)[C@@H]3C21OCCO1. The molecule has 2 spiro atoms. The first-order valence-electron chi connectivity index (χ1n) is 9.99. The summed E-state index contributed by atoms with van der Waals surface area (Å²) < 4.78 is 47.2. The van der Waals surface area contributed by atoms with E-state index in [1.807, 2.05) is 37.3 Å². The predicted molar refractivity (Wildman–Crippen MR) is 105 cm³/mol. The van der Waals surface area contributed by atoms with E-state index in [0.29, 0.717) is 24.7 Å². The first kappa shape index (κ1) is 17.9. The minimum absolute atomic E-state index is 0.245. The van der Waals surface area contributed by atoms with Crippen LogP contribution in [0.5, 0.6) is 5.75 Å². The van der Waals surface area contributed by atoms with Crippen molar-refractivity contribution in [3.8, 4) is 5.75 Å². The molecule has 2 heterocycles. The number of fused-ring (bicyclic) bond motifs is 3. The Morgan fingerprint density at radius 2 is 1.83 bits per heavy atom. The zero-order valence-electron chi connectivity index (χ0n) is 16.4. The average molecular weight is 413 g/mol. The summed E-state index contributed by atoms with van der Waals surface area (Å²) in [6.07, 6.45) is 0.930. The molecule has 0 unspecified atom stereocenters. The lowest BCUT2D eigenvalue weighted by atomic mass is 9.93. The van der Waals surface area contributed by atoms with Crippen LogP contribution in [-0.4, -0.2) is 45.6 Å². The van der Waals surface area contributed by atoms with Crippen LogP contribution in [0.15, 0.2) is 47.4 Å². The zero-order valence-corrected chi connectivity index (χ0v) is 17.2. The van der Waals surface area contributed by atoms with E-state index in [4.69, 9.17) is 14.2 Å². The predicted octanol–water partition coefficient (Wildman–Crippen LogP) is 2.55. The molecule has 2 aliphatic carbocycles. The molecule has 0 N–H and O–H groups in total. The van der Waals surface area contributed by atoms with Gasteiger partial charge in [0.25, 0.3) is 0 Å². The summed E-state index contributed by atoms with van der Waals surface area (Å²) in [6.45, 7) is 3.33. The van der Waals surface area contributed by atoms with Crippen LogP contribution in [0.25, 0.3) is 0 Å². The van der Waals surface area contributed by atoms with Crippen LogP contribution in [0.4, 0.5) is 0 Å². The molecular formula is C22H23NO5S. The fourth-order valence-electron chi connectivity index (χ4n) is 5.91. The summed E-state index contributed by atoms with van der Waals surface area (Å²) in [7, 11) is -2.02. The van der Waals surface area contributed by atoms with Gasteiger partial charge in [-0.2, -0.15) is 4.31 Å². The number of ether oxygens (including phenoxy) is 3. The van der Waals surface area contributed by atoms with E-state index < -0.39 is 21.9 Å². The van der Waals surface area contributed by atoms with Gasteiger partial charge in [0.1, 0.15) is 5.75 Å². The molecule has 2 saturated heterocycles. The lowest BCUT2D eigenvalue weighted by Crippen LogP contribution is -2.52. The number of hydrogen-bond acceptors (Lipinski definition) is 5. The maximum Gasteiger partial charge on any atom is 0.243 e. The smallest absolute Gasteiger partial charge is 0.243 e. The third kappa shape index (κ3) is 2.04. The molecule has 152 valence electrons. The summed E-state index contributed by atoms with van der Waals surface area (Å²) in [5, 5.41) is 0. The summed E-state index contributed by atoms with van der Waals surface area (Å²) in [6, 6.07) is 12.5. The molecule has 29 heavy (non-hydrogen) atoms. The van der Waals surface area contributed by atoms with Crippen LogP contribution >= 0.6 is 0 Å². The Morgan fingerprint density at radius 1 is 1.10 bits per heavy atom. The third-order valence-corrected chi connectivity index (χ3v) is 8.96. The minimum Gasteiger partial charge on any atom is -0.496 e. The summed E-state index contributed by atoms with van der Waals surface area (Å²) in [4.78, 5) is 0.315. The molecule has 0 bridgehead atoms. The Balaban J connectivity index is 1.54. The lowest BCUT2D eigenvalue weighted by molar-refractivity contribution is -0.194. The van der Waals surface area contributed by atoms with Crippen LogP contribution in [0.3, 0.4) is 0 Å². The van der Waals surface area contributed by atoms with E-state index in [1.54, 1.807) is 23.5 Å². The molecule has 2 aromatic rings. The van der Waals surface area contributed by atoms with Crippen molar-refractivity contribution < 1.29 is 22.6 Å². The number of sulfonamides is 1. The second-order valence-electron chi connectivity index (χ2n) is 8.48. The number of aryl methyl sites for hydroxylation is 1. The van der Waals surface area contributed by atoms with Crippen molar-refractivity contribution in [1.82, 2.24) is 4.31 Å². The van der Waals surface area contributed by atoms with E-state index in [9.17, 15) is 8.42 Å². The van der Waals surface area contributed by atoms with E-state index in [2.05, 4.69) is 0 Å². The minimum atomic E-state index is -3.69. The van der Waals surface area contributed by atoms with Gasteiger partial charge >= 0.3 is 0 Å². The molecule has 6 nitrogen and oxygen atoms in total. The van der Waals surface area contributed by atoms with Gasteiger partial charge in [-0.25, -0.2) is 8.42 Å². The second-order valence-corrected chi connectivity index (χ2v) is 10.4.